The fraction of sp³-hybridized carbons (Fsp3) is 0.714. The van der Waals surface area contributed by atoms with E-state index in [2.05, 4.69) is 53.3 Å². The van der Waals surface area contributed by atoms with Gasteiger partial charge < -0.3 is 15.5 Å². The van der Waals surface area contributed by atoms with Crippen molar-refractivity contribution in [3.8, 4) is 0 Å². The number of thioether (sulfide) groups is 1. The summed E-state index contributed by atoms with van der Waals surface area (Å²) >= 11 is 2.08. The molecule has 2 N–H and O–H groups in total. The van der Waals surface area contributed by atoms with Gasteiger partial charge in [0.1, 0.15) is 5.82 Å². The first kappa shape index (κ1) is 20.3. The number of nitrogens with one attached hydrogen (secondary N) is 2. The van der Waals surface area contributed by atoms with E-state index in [-0.39, 0.29) is 0 Å². The summed E-state index contributed by atoms with van der Waals surface area (Å²) in [6, 6.07) is 4.33. The molecule has 6 heteroatoms. The van der Waals surface area contributed by atoms with Crippen LogP contribution in [-0.2, 0) is 6.54 Å². The highest BCUT2D eigenvalue weighted by Crippen LogP contribution is 2.36. The maximum absolute atomic E-state index is 4.76. The van der Waals surface area contributed by atoms with Crippen LogP contribution >= 0.6 is 11.8 Å². The van der Waals surface area contributed by atoms with Crippen LogP contribution in [0.5, 0.6) is 0 Å². The summed E-state index contributed by atoms with van der Waals surface area (Å²) < 4.78 is 0.340. The number of aromatic nitrogens is 1. The first-order chi connectivity index (χ1) is 13.2. The zero-order chi connectivity index (χ0) is 19.0. The van der Waals surface area contributed by atoms with Crippen molar-refractivity contribution in [3.05, 3.63) is 23.9 Å². The van der Waals surface area contributed by atoms with Crippen molar-refractivity contribution in [2.75, 3.05) is 36.8 Å². The van der Waals surface area contributed by atoms with Crippen molar-refractivity contribution in [3.63, 3.8) is 0 Å². The predicted octanol–water partition coefficient (Wildman–Crippen LogP) is 3.80. The zero-order valence-corrected chi connectivity index (χ0v) is 17.8. The highest BCUT2D eigenvalue weighted by Gasteiger charge is 2.29. The molecule has 2 aliphatic rings. The lowest BCUT2D eigenvalue weighted by atomic mass is 10.1. The lowest BCUT2D eigenvalue weighted by Gasteiger charge is -2.24. The molecule has 5 nitrogen and oxygen atoms in total. The molecule has 0 aliphatic carbocycles. The van der Waals surface area contributed by atoms with Crippen LogP contribution in [0.1, 0.15) is 57.9 Å². The fourth-order valence-corrected chi connectivity index (χ4v) is 5.00. The third-order valence-electron chi connectivity index (χ3n) is 5.43. The SMILES string of the molecule is CCNC(=NCc1ccc(N2CCCCCC2)nc1)NCC1(C)CCCS1. The van der Waals surface area contributed by atoms with Crippen LogP contribution in [0.25, 0.3) is 0 Å². The highest BCUT2D eigenvalue weighted by atomic mass is 32.2. The van der Waals surface area contributed by atoms with Crippen LogP contribution in [0.2, 0.25) is 0 Å². The summed E-state index contributed by atoms with van der Waals surface area (Å²) in [7, 11) is 0. The molecule has 3 rings (SSSR count). The summed E-state index contributed by atoms with van der Waals surface area (Å²) in [5.41, 5.74) is 1.16. The molecule has 0 radical (unpaired) electrons. The average Bonchev–Trinajstić information content (AvgIpc) is 2.94. The Morgan fingerprint density at radius 3 is 2.63 bits per heavy atom. The van der Waals surface area contributed by atoms with E-state index in [4.69, 9.17) is 9.98 Å². The van der Waals surface area contributed by atoms with E-state index in [1.165, 1.54) is 44.3 Å². The number of hydrogen-bond acceptors (Lipinski definition) is 4. The first-order valence-corrected chi connectivity index (χ1v) is 11.5. The number of pyridine rings is 1. The lowest BCUT2D eigenvalue weighted by Crippen LogP contribution is -2.43. The fourth-order valence-electron chi connectivity index (χ4n) is 3.76. The third-order valence-corrected chi connectivity index (χ3v) is 6.97. The Morgan fingerprint density at radius 2 is 2.00 bits per heavy atom. The monoisotopic (exact) mass is 389 g/mol. The summed E-state index contributed by atoms with van der Waals surface area (Å²) in [4.78, 5) is 11.9. The Balaban J connectivity index is 1.55. The third kappa shape index (κ3) is 6.30. The number of hydrogen-bond donors (Lipinski definition) is 2. The van der Waals surface area contributed by atoms with Crippen molar-refractivity contribution in [2.45, 2.75) is 63.7 Å². The largest absolute Gasteiger partial charge is 0.357 e. The molecular formula is C21H35N5S. The van der Waals surface area contributed by atoms with Gasteiger partial charge in [0.25, 0.3) is 0 Å². The minimum atomic E-state index is 0.340. The highest BCUT2D eigenvalue weighted by molar-refractivity contribution is 8.00. The van der Waals surface area contributed by atoms with Gasteiger partial charge in [-0.2, -0.15) is 11.8 Å². The van der Waals surface area contributed by atoms with Crippen LogP contribution in [0.15, 0.2) is 23.3 Å². The Hall–Kier alpha value is -1.43. The average molecular weight is 390 g/mol. The number of rotatable bonds is 6. The van der Waals surface area contributed by atoms with Gasteiger partial charge in [0, 0.05) is 37.1 Å². The van der Waals surface area contributed by atoms with Gasteiger partial charge in [-0.05, 0) is 56.9 Å². The van der Waals surface area contributed by atoms with Crippen LogP contribution < -0.4 is 15.5 Å². The molecule has 0 spiro atoms. The van der Waals surface area contributed by atoms with E-state index in [9.17, 15) is 0 Å². The van der Waals surface area contributed by atoms with Gasteiger partial charge in [0.2, 0.25) is 0 Å². The molecule has 0 aromatic carbocycles. The zero-order valence-electron chi connectivity index (χ0n) is 17.0. The van der Waals surface area contributed by atoms with Crippen molar-refractivity contribution in [1.82, 2.24) is 15.6 Å². The van der Waals surface area contributed by atoms with E-state index in [0.29, 0.717) is 11.3 Å². The molecule has 2 aliphatic heterocycles. The van der Waals surface area contributed by atoms with Crippen molar-refractivity contribution in [2.24, 2.45) is 4.99 Å². The molecule has 150 valence electrons. The number of aliphatic imine (C=N–C) groups is 1. The first-order valence-electron chi connectivity index (χ1n) is 10.5. The lowest BCUT2D eigenvalue weighted by molar-refractivity contribution is 0.584. The van der Waals surface area contributed by atoms with E-state index >= 15 is 0 Å². The van der Waals surface area contributed by atoms with Gasteiger partial charge in [-0.15, -0.1) is 0 Å². The van der Waals surface area contributed by atoms with Crippen molar-refractivity contribution >= 4 is 23.5 Å². The summed E-state index contributed by atoms with van der Waals surface area (Å²) in [5, 5.41) is 6.90. The quantitative estimate of drug-likeness (QED) is 0.572. The molecule has 0 amide bonds. The van der Waals surface area contributed by atoms with Gasteiger partial charge >= 0.3 is 0 Å². The molecule has 0 saturated carbocycles. The van der Waals surface area contributed by atoms with Crippen LogP contribution in [0, 0.1) is 0 Å². The van der Waals surface area contributed by atoms with Gasteiger partial charge in [-0.25, -0.2) is 9.98 Å². The Morgan fingerprint density at radius 1 is 1.19 bits per heavy atom. The second kappa shape index (κ2) is 10.2. The maximum atomic E-state index is 4.76. The maximum Gasteiger partial charge on any atom is 0.191 e. The van der Waals surface area contributed by atoms with Crippen LogP contribution in [-0.4, -0.2) is 47.6 Å². The normalized spacial score (nSPS) is 23.9. The topological polar surface area (TPSA) is 52.6 Å². The number of guanidine groups is 1. The molecule has 1 aromatic rings. The summed E-state index contributed by atoms with van der Waals surface area (Å²) in [6.45, 7) is 9.24. The van der Waals surface area contributed by atoms with Crippen molar-refractivity contribution < 1.29 is 0 Å². The van der Waals surface area contributed by atoms with E-state index in [1.54, 1.807) is 0 Å². The smallest absolute Gasteiger partial charge is 0.191 e. The van der Waals surface area contributed by atoms with Gasteiger partial charge in [0.15, 0.2) is 5.96 Å². The second-order valence-electron chi connectivity index (χ2n) is 7.88. The predicted molar refractivity (Wildman–Crippen MR) is 118 cm³/mol. The Labute approximate surface area is 168 Å². The molecule has 27 heavy (non-hydrogen) atoms. The molecule has 1 atom stereocenters. The van der Waals surface area contributed by atoms with E-state index in [1.807, 2.05) is 6.20 Å². The number of nitrogens with zero attached hydrogens (tertiary/aromatic N) is 3. The van der Waals surface area contributed by atoms with E-state index < -0.39 is 0 Å². The molecule has 0 bridgehead atoms. The second-order valence-corrected chi connectivity index (χ2v) is 9.56. The van der Waals surface area contributed by atoms with Crippen LogP contribution in [0.4, 0.5) is 5.82 Å². The van der Waals surface area contributed by atoms with Gasteiger partial charge in [-0.3, -0.25) is 0 Å². The molecule has 2 saturated heterocycles. The molecule has 3 heterocycles. The minimum absolute atomic E-state index is 0.340. The summed E-state index contributed by atoms with van der Waals surface area (Å²) in [5.74, 6) is 3.30. The standard InChI is InChI=1S/C21H35N5S/c1-3-22-20(25-17-21(2)11-8-14-27-21)24-16-18-9-10-19(23-15-18)26-12-6-4-5-7-13-26/h9-10,15H,3-8,11-14,16-17H2,1-2H3,(H2,22,24,25). The van der Waals surface area contributed by atoms with E-state index in [0.717, 1.165) is 43.5 Å². The van der Waals surface area contributed by atoms with Crippen molar-refractivity contribution in [1.29, 1.82) is 0 Å². The Kier molecular flexibility index (Phi) is 7.68. The molecule has 1 aromatic heterocycles. The molecule has 1 unspecified atom stereocenters. The number of anilines is 1. The van der Waals surface area contributed by atoms with Gasteiger partial charge in [-0.1, -0.05) is 18.9 Å². The van der Waals surface area contributed by atoms with Gasteiger partial charge in [0.05, 0.1) is 6.54 Å². The summed E-state index contributed by atoms with van der Waals surface area (Å²) in [6.07, 6.45) is 9.85. The molecular weight excluding hydrogens is 354 g/mol. The van der Waals surface area contributed by atoms with Crippen LogP contribution in [0.3, 0.4) is 0 Å². The Bertz CT molecular complexity index is 587. The molecule has 2 fully saturated rings. The minimum Gasteiger partial charge on any atom is -0.357 e.